The van der Waals surface area contributed by atoms with E-state index in [1.54, 1.807) is 16.8 Å². The van der Waals surface area contributed by atoms with E-state index >= 15 is 0 Å². The molecule has 2 aromatic rings. The Morgan fingerprint density at radius 1 is 1.28 bits per heavy atom. The van der Waals surface area contributed by atoms with Crippen LogP contribution >= 0.6 is 0 Å². The molecule has 0 saturated carbocycles. The van der Waals surface area contributed by atoms with Gasteiger partial charge in [-0.3, -0.25) is 4.98 Å². The van der Waals surface area contributed by atoms with E-state index in [2.05, 4.69) is 9.97 Å². The SMILES string of the molecule is N#Cc1ncn(C(CN)c2ccccn2)c1C#N. The van der Waals surface area contributed by atoms with E-state index in [9.17, 15) is 0 Å². The second-order valence-electron chi connectivity index (χ2n) is 3.58. The van der Waals surface area contributed by atoms with Crippen LogP contribution < -0.4 is 5.73 Å². The lowest BCUT2D eigenvalue weighted by molar-refractivity contribution is 0.573. The number of imidazole rings is 1. The number of aromatic nitrogens is 3. The summed E-state index contributed by atoms with van der Waals surface area (Å²) in [6.45, 7) is 0.271. The number of nitriles is 2. The van der Waals surface area contributed by atoms with Gasteiger partial charge in [0.05, 0.1) is 18.1 Å². The van der Waals surface area contributed by atoms with Crippen LogP contribution in [-0.4, -0.2) is 21.1 Å². The summed E-state index contributed by atoms with van der Waals surface area (Å²) < 4.78 is 1.58. The molecule has 0 saturated heterocycles. The molecule has 6 heteroatoms. The van der Waals surface area contributed by atoms with Crippen LogP contribution in [0, 0.1) is 22.7 Å². The zero-order chi connectivity index (χ0) is 13.0. The minimum absolute atomic E-state index is 0.104. The van der Waals surface area contributed by atoms with Gasteiger partial charge in [0.25, 0.3) is 0 Å². The van der Waals surface area contributed by atoms with Crippen molar-refractivity contribution in [3.05, 3.63) is 47.8 Å². The van der Waals surface area contributed by atoms with E-state index in [-0.39, 0.29) is 24.0 Å². The predicted octanol–water partition coefficient (Wildman–Crippen LogP) is 0.570. The van der Waals surface area contributed by atoms with E-state index in [4.69, 9.17) is 16.3 Å². The summed E-state index contributed by atoms with van der Waals surface area (Å²) in [6.07, 6.45) is 3.11. The molecule has 2 N–H and O–H groups in total. The number of nitrogens with two attached hydrogens (primary N) is 1. The molecule has 0 amide bonds. The van der Waals surface area contributed by atoms with Crippen LogP contribution in [0.15, 0.2) is 30.7 Å². The molecule has 0 aliphatic carbocycles. The third kappa shape index (κ3) is 1.93. The zero-order valence-corrected chi connectivity index (χ0v) is 9.48. The van der Waals surface area contributed by atoms with Crippen molar-refractivity contribution >= 4 is 0 Å². The van der Waals surface area contributed by atoms with Crippen molar-refractivity contribution in [1.29, 1.82) is 10.5 Å². The van der Waals surface area contributed by atoms with Crippen LogP contribution in [-0.2, 0) is 0 Å². The van der Waals surface area contributed by atoms with Gasteiger partial charge in [-0.15, -0.1) is 0 Å². The maximum Gasteiger partial charge on any atom is 0.176 e. The van der Waals surface area contributed by atoms with Crippen LogP contribution in [0.5, 0.6) is 0 Å². The summed E-state index contributed by atoms with van der Waals surface area (Å²) in [4.78, 5) is 8.11. The van der Waals surface area contributed by atoms with Gasteiger partial charge in [0.1, 0.15) is 12.1 Å². The minimum Gasteiger partial charge on any atom is -0.328 e. The summed E-state index contributed by atoms with van der Waals surface area (Å²) in [5.41, 5.74) is 6.78. The van der Waals surface area contributed by atoms with Gasteiger partial charge in [-0.05, 0) is 12.1 Å². The zero-order valence-electron chi connectivity index (χ0n) is 9.48. The van der Waals surface area contributed by atoms with Crippen molar-refractivity contribution in [3.8, 4) is 12.1 Å². The Bertz CT molecular complexity index is 616. The maximum absolute atomic E-state index is 9.09. The number of pyridine rings is 1. The lowest BCUT2D eigenvalue weighted by Crippen LogP contribution is -2.22. The lowest BCUT2D eigenvalue weighted by Gasteiger charge is -2.16. The van der Waals surface area contributed by atoms with Crippen LogP contribution in [0.4, 0.5) is 0 Å². The molecule has 0 bridgehead atoms. The Kier molecular flexibility index (Phi) is 3.33. The number of hydrogen-bond donors (Lipinski definition) is 1. The normalized spacial score (nSPS) is 11.5. The van der Waals surface area contributed by atoms with E-state index in [0.717, 1.165) is 5.69 Å². The van der Waals surface area contributed by atoms with Crippen molar-refractivity contribution in [2.45, 2.75) is 6.04 Å². The monoisotopic (exact) mass is 238 g/mol. The van der Waals surface area contributed by atoms with Crippen molar-refractivity contribution < 1.29 is 0 Å². The molecular formula is C12H10N6. The van der Waals surface area contributed by atoms with E-state index < -0.39 is 0 Å². The third-order valence-corrected chi connectivity index (χ3v) is 2.59. The number of rotatable bonds is 3. The summed E-state index contributed by atoms with van der Waals surface area (Å²) >= 11 is 0. The highest BCUT2D eigenvalue weighted by atomic mass is 15.1. The number of nitrogens with zero attached hydrogens (tertiary/aromatic N) is 5. The Morgan fingerprint density at radius 3 is 2.67 bits per heavy atom. The van der Waals surface area contributed by atoms with Crippen molar-refractivity contribution in [3.63, 3.8) is 0 Å². The molecule has 18 heavy (non-hydrogen) atoms. The van der Waals surface area contributed by atoms with E-state index in [1.807, 2.05) is 24.3 Å². The Labute approximate surface area is 104 Å². The highest BCUT2D eigenvalue weighted by molar-refractivity contribution is 5.37. The minimum atomic E-state index is -0.296. The molecule has 0 fully saturated rings. The quantitative estimate of drug-likeness (QED) is 0.841. The molecule has 2 heterocycles. The van der Waals surface area contributed by atoms with Crippen LogP contribution in [0.1, 0.15) is 23.1 Å². The van der Waals surface area contributed by atoms with Gasteiger partial charge in [-0.25, -0.2) is 4.98 Å². The smallest absolute Gasteiger partial charge is 0.176 e. The summed E-state index contributed by atoms with van der Waals surface area (Å²) in [5.74, 6) is 0. The summed E-state index contributed by atoms with van der Waals surface area (Å²) in [5, 5.41) is 18.0. The molecular weight excluding hydrogens is 228 g/mol. The van der Waals surface area contributed by atoms with Crippen molar-refractivity contribution in [2.75, 3.05) is 6.54 Å². The molecule has 1 atom stereocenters. The molecule has 2 rings (SSSR count). The molecule has 0 radical (unpaired) electrons. The first-order chi connectivity index (χ1) is 8.81. The molecule has 88 valence electrons. The van der Waals surface area contributed by atoms with E-state index in [1.165, 1.54) is 6.33 Å². The second-order valence-corrected chi connectivity index (χ2v) is 3.58. The third-order valence-electron chi connectivity index (χ3n) is 2.59. The maximum atomic E-state index is 9.09. The molecule has 0 aliphatic heterocycles. The predicted molar refractivity (Wildman–Crippen MR) is 63.1 cm³/mol. The Hall–Kier alpha value is -2.70. The highest BCUT2D eigenvalue weighted by Gasteiger charge is 2.19. The van der Waals surface area contributed by atoms with Gasteiger partial charge in [0.2, 0.25) is 0 Å². The summed E-state index contributed by atoms with van der Waals surface area (Å²) in [7, 11) is 0. The van der Waals surface area contributed by atoms with Crippen LogP contribution in [0.3, 0.4) is 0 Å². The topological polar surface area (TPSA) is 104 Å². The molecule has 0 aromatic carbocycles. The lowest BCUT2D eigenvalue weighted by atomic mass is 10.1. The molecule has 6 nitrogen and oxygen atoms in total. The van der Waals surface area contributed by atoms with Gasteiger partial charge in [-0.1, -0.05) is 6.07 Å². The average molecular weight is 238 g/mol. The standard InChI is InChI=1S/C12H10N6/c13-5-10-12(7-15)18(8-17-10)11(6-14)9-3-1-2-4-16-9/h1-4,8,11H,6,14H2. The molecule has 0 spiro atoms. The van der Waals surface area contributed by atoms with Gasteiger partial charge in [-0.2, -0.15) is 10.5 Å². The van der Waals surface area contributed by atoms with E-state index in [0.29, 0.717) is 0 Å². The average Bonchev–Trinajstić information content (AvgIpc) is 2.83. The van der Waals surface area contributed by atoms with Gasteiger partial charge in [0, 0.05) is 12.7 Å². The molecule has 1 unspecified atom stereocenters. The first kappa shape index (κ1) is 11.8. The van der Waals surface area contributed by atoms with Crippen LogP contribution in [0.25, 0.3) is 0 Å². The molecule has 0 aliphatic rings. The van der Waals surface area contributed by atoms with Crippen molar-refractivity contribution in [2.24, 2.45) is 5.73 Å². The Morgan fingerprint density at radius 2 is 2.11 bits per heavy atom. The number of hydrogen-bond acceptors (Lipinski definition) is 5. The van der Waals surface area contributed by atoms with Gasteiger partial charge < -0.3 is 10.3 Å². The fourth-order valence-electron chi connectivity index (χ4n) is 1.74. The largest absolute Gasteiger partial charge is 0.328 e. The van der Waals surface area contributed by atoms with Crippen LogP contribution in [0.2, 0.25) is 0 Å². The summed E-state index contributed by atoms with van der Waals surface area (Å²) in [6, 6.07) is 9.03. The van der Waals surface area contributed by atoms with Gasteiger partial charge >= 0.3 is 0 Å². The fourth-order valence-corrected chi connectivity index (χ4v) is 1.74. The Balaban J connectivity index is 2.51. The molecule has 2 aromatic heterocycles. The van der Waals surface area contributed by atoms with Crippen molar-refractivity contribution in [1.82, 2.24) is 14.5 Å². The highest BCUT2D eigenvalue weighted by Crippen LogP contribution is 2.18. The van der Waals surface area contributed by atoms with Gasteiger partial charge in [0.15, 0.2) is 11.4 Å². The fraction of sp³-hybridized carbons (Fsp3) is 0.167. The first-order valence-electron chi connectivity index (χ1n) is 5.29. The first-order valence-corrected chi connectivity index (χ1v) is 5.29. The second kappa shape index (κ2) is 5.09.